The van der Waals surface area contributed by atoms with Crippen molar-refractivity contribution in [3.8, 4) is 0 Å². The molecule has 0 radical (unpaired) electrons. The molecule has 0 saturated heterocycles. The van der Waals surface area contributed by atoms with Gasteiger partial charge in [-0.15, -0.1) is 0 Å². The minimum absolute atomic E-state index is 0.121. The van der Waals surface area contributed by atoms with Crippen LogP contribution in [0, 0.1) is 20.8 Å². The van der Waals surface area contributed by atoms with Crippen molar-refractivity contribution in [3.63, 3.8) is 0 Å². The number of carbonyl (C=O) groups excluding carboxylic acids is 1. The van der Waals surface area contributed by atoms with Crippen molar-refractivity contribution in [3.05, 3.63) is 69.8 Å². The molecule has 2 aromatic rings. The molecule has 2 rings (SSSR count). The highest BCUT2D eigenvalue weighted by atomic mass is 16.1. The molecular weight excluding hydrogens is 232 g/mol. The summed E-state index contributed by atoms with van der Waals surface area (Å²) in [7, 11) is 0. The molecule has 0 aliphatic rings. The second kappa shape index (κ2) is 5.40. The summed E-state index contributed by atoms with van der Waals surface area (Å²) in [6.07, 6.45) is 0.951. The highest BCUT2D eigenvalue weighted by Crippen LogP contribution is 2.20. The number of carbonyl (C=O) groups is 1. The van der Waals surface area contributed by atoms with Gasteiger partial charge in [0.25, 0.3) is 0 Å². The van der Waals surface area contributed by atoms with E-state index in [1.54, 1.807) is 0 Å². The maximum atomic E-state index is 12.6. The largest absolute Gasteiger partial charge is 0.289 e. The fraction of sp³-hybridized carbons (Fsp3) is 0.278. The van der Waals surface area contributed by atoms with Crippen LogP contribution >= 0.6 is 0 Å². The zero-order valence-electron chi connectivity index (χ0n) is 12.1. The second-order valence-electron chi connectivity index (χ2n) is 5.06. The number of hydrogen-bond acceptors (Lipinski definition) is 1. The van der Waals surface area contributed by atoms with Crippen molar-refractivity contribution in [2.45, 2.75) is 34.1 Å². The minimum atomic E-state index is 0.121. The minimum Gasteiger partial charge on any atom is -0.289 e. The Hall–Kier alpha value is -1.89. The zero-order chi connectivity index (χ0) is 14.0. The third kappa shape index (κ3) is 2.60. The number of aryl methyl sites for hydroxylation is 2. The van der Waals surface area contributed by atoms with Crippen LogP contribution in [0.3, 0.4) is 0 Å². The quantitative estimate of drug-likeness (QED) is 0.740. The van der Waals surface area contributed by atoms with E-state index < -0.39 is 0 Å². The van der Waals surface area contributed by atoms with Gasteiger partial charge in [0.05, 0.1) is 0 Å². The van der Waals surface area contributed by atoms with E-state index in [2.05, 4.69) is 26.8 Å². The smallest absolute Gasteiger partial charge is 0.193 e. The molecule has 98 valence electrons. The molecule has 1 nitrogen and oxygen atoms in total. The Morgan fingerprint density at radius 1 is 1.00 bits per heavy atom. The molecule has 0 bridgehead atoms. The van der Waals surface area contributed by atoms with E-state index in [1.165, 1.54) is 16.7 Å². The van der Waals surface area contributed by atoms with E-state index in [4.69, 9.17) is 0 Å². The van der Waals surface area contributed by atoms with Crippen LogP contribution in [0.4, 0.5) is 0 Å². The standard InChI is InChI=1S/C18H20O/c1-5-15-7-6-8-16(11-15)18(19)17-10-9-12(2)13(3)14(17)4/h6-11H,5H2,1-4H3. The fourth-order valence-electron chi connectivity index (χ4n) is 2.29. The average molecular weight is 252 g/mol. The molecule has 0 unspecified atom stereocenters. The van der Waals surface area contributed by atoms with Crippen LogP contribution in [0.5, 0.6) is 0 Å². The Balaban J connectivity index is 2.47. The molecule has 1 heteroatoms. The van der Waals surface area contributed by atoms with Gasteiger partial charge in [-0.2, -0.15) is 0 Å². The van der Waals surface area contributed by atoms with Crippen molar-refractivity contribution in [1.82, 2.24) is 0 Å². The first-order valence-electron chi connectivity index (χ1n) is 6.75. The lowest BCUT2D eigenvalue weighted by Crippen LogP contribution is -2.06. The molecule has 0 aromatic heterocycles. The van der Waals surface area contributed by atoms with E-state index in [0.29, 0.717) is 0 Å². The van der Waals surface area contributed by atoms with Gasteiger partial charge in [0.2, 0.25) is 0 Å². The van der Waals surface area contributed by atoms with Crippen LogP contribution in [0.1, 0.15) is 45.1 Å². The van der Waals surface area contributed by atoms with Crippen LogP contribution in [-0.4, -0.2) is 5.78 Å². The molecule has 0 atom stereocenters. The normalized spacial score (nSPS) is 10.5. The summed E-state index contributed by atoms with van der Waals surface area (Å²) in [5.74, 6) is 0.121. The van der Waals surface area contributed by atoms with E-state index in [1.807, 2.05) is 37.3 Å². The van der Waals surface area contributed by atoms with Gasteiger partial charge in [0, 0.05) is 11.1 Å². The first kappa shape index (κ1) is 13.5. The Kier molecular flexibility index (Phi) is 3.84. The van der Waals surface area contributed by atoms with E-state index >= 15 is 0 Å². The summed E-state index contributed by atoms with van der Waals surface area (Å²) in [6, 6.07) is 11.9. The molecular formula is C18H20O. The first-order chi connectivity index (χ1) is 9.04. The van der Waals surface area contributed by atoms with Crippen LogP contribution in [-0.2, 0) is 6.42 Å². The Morgan fingerprint density at radius 3 is 2.42 bits per heavy atom. The fourth-order valence-corrected chi connectivity index (χ4v) is 2.29. The number of ketones is 1. The summed E-state index contributed by atoms with van der Waals surface area (Å²) in [6.45, 7) is 8.28. The number of hydrogen-bond donors (Lipinski definition) is 0. The molecule has 0 saturated carbocycles. The Bertz CT molecular complexity index is 624. The molecule has 0 aliphatic heterocycles. The summed E-state index contributed by atoms with van der Waals surface area (Å²) in [4.78, 5) is 12.6. The van der Waals surface area contributed by atoms with Crippen molar-refractivity contribution in [1.29, 1.82) is 0 Å². The third-order valence-corrected chi connectivity index (χ3v) is 3.90. The van der Waals surface area contributed by atoms with Crippen molar-refractivity contribution in [2.75, 3.05) is 0 Å². The van der Waals surface area contributed by atoms with Gasteiger partial charge >= 0.3 is 0 Å². The van der Waals surface area contributed by atoms with Gasteiger partial charge in [-0.1, -0.05) is 37.3 Å². The summed E-state index contributed by atoms with van der Waals surface area (Å²) in [5, 5.41) is 0. The molecule has 0 N–H and O–H groups in total. The van der Waals surface area contributed by atoms with E-state index in [9.17, 15) is 4.79 Å². The molecule has 0 heterocycles. The average Bonchev–Trinajstić information content (AvgIpc) is 2.44. The highest BCUT2D eigenvalue weighted by Gasteiger charge is 2.13. The molecule has 0 spiro atoms. The first-order valence-corrected chi connectivity index (χ1v) is 6.75. The maximum Gasteiger partial charge on any atom is 0.193 e. The van der Waals surface area contributed by atoms with Gasteiger partial charge in [-0.25, -0.2) is 0 Å². The molecule has 19 heavy (non-hydrogen) atoms. The summed E-state index contributed by atoms with van der Waals surface area (Å²) >= 11 is 0. The van der Waals surface area contributed by atoms with Crippen LogP contribution in [0.15, 0.2) is 36.4 Å². The Morgan fingerprint density at radius 2 is 1.74 bits per heavy atom. The van der Waals surface area contributed by atoms with Crippen LogP contribution in [0.25, 0.3) is 0 Å². The summed E-state index contributed by atoms with van der Waals surface area (Å²) < 4.78 is 0. The van der Waals surface area contributed by atoms with Gasteiger partial charge in [0.15, 0.2) is 5.78 Å². The highest BCUT2D eigenvalue weighted by molar-refractivity contribution is 6.10. The Labute approximate surface area is 115 Å². The van der Waals surface area contributed by atoms with Gasteiger partial charge in [-0.3, -0.25) is 4.79 Å². The van der Waals surface area contributed by atoms with E-state index in [-0.39, 0.29) is 5.78 Å². The van der Waals surface area contributed by atoms with Crippen molar-refractivity contribution in [2.24, 2.45) is 0 Å². The molecule has 0 amide bonds. The van der Waals surface area contributed by atoms with Crippen molar-refractivity contribution < 1.29 is 4.79 Å². The van der Waals surface area contributed by atoms with Gasteiger partial charge in [0.1, 0.15) is 0 Å². The topological polar surface area (TPSA) is 17.1 Å². The van der Waals surface area contributed by atoms with Crippen LogP contribution < -0.4 is 0 Å². The lowest BCUT2D eigenvalue weighted by Gasteiger charge is -2.11. The monoisotopic (exact) mass is 252 g/mol. The zero-order valence-corrected chi connectivity index (χ0v) is 12.1. The molecule has 0 fully saturated rings. The van der Waals surface area contributed by atoms with Gasteiger partial charge in [-0.05, 0) is 55.5 Å². The van der Waals surface area contributed by atoms with Crippen LogP contribution in [0.2, 0.25) is 0 Å². The lowest BCUT2D eigenvalue weighted by molar-refractivity contribution is 0.103. The number of rotatable bonds is 3. The maximum absolute atomic E-state index is 12.6. The molecule has 0 aliphatic carbocycles. The number of benzene rings is 2. The summed E-state index contributed by atoms with van der Waals surface area (Å²) in [5.41, 5.74) is 6.33. The third-order valence-electron chi connectivity index (χ3n) is 3.90. The van der Waals surface area contributed by atoms with E-state index in [0.717, 1.165) is 23.1 Å². The van der Waals surface area contributed by atoms with Crippen molar-refractivity contribution >= 4 is 5.78 Å². The molecule has 2 aromatic carbocycles. The lowest BCUT2D eigenvalue weighted by atomic mass is 9.93. The predicted molar refractivity (Wildman–Crippen MR) is 79.9 cm³/mol. The predicted octanol–water partition coefficient (Wildman–Crippen LogP) is 4.41. The van der Waals surface area contributed by atoms with Gasteiger partial charge < -0.3 is 0 Å². The SMILES string of the molecule is CCc1cccc(C(=O)c2ccc(C)c(C)c2C)c1. The second-order valence-corrected chi connectivity index (χ2v) is 5.06.